The minimum Gasteiger partial charge on any atom is -0.497 e. The zero-order valence-corrected chi connectivity index (χ0v) is 13.0. The van der Waals surface area contributed by atoms with Gasteiger partial charge in [0.2, 0.25) is 0 Å². The fourth-order valence-electron chi connectivity index (χ4n) is 2.21. The number of halogens is 1. The maximum absolute atomic E-state index is 12.9. The highest BCUT2D eigenvalue weighted by atomic mass is 19.1. The van der Waals surface area contributed by atoms with Crippen LogP contribution in [0.4, 0.5) is 10.2 Å². The Bertz CT molecular complexity index is 829. The van der Waals surface area contributed by atoms with Gasteiger partial charge in [-0.3, -0.25) is 4.79 Å². The second kappa shape index (κ2) is 6.91. The van der Waals surface area contributed by atoms with Crippen molar-refractivity contribution >= 4 is 11.7 Å². The predicted molar refractivity (Wildman–Crippen MR) is 90.6 cm³/mol. The molecule has 4 nitrogen and oxygen atoms in total. The first-order valence-electron chi connectivity index (χ1n) is 7.33. The molecular weight excluding hydrogens is 307 g/mol. The highest BCUT2D eigenvalue weighted by Crippen LogP contribution is 2.22. The summed E-state index contributed by atoms with van der Waals surface area (Å²) in [5.41, 5.74) is 2.30. The maximum Gasteiger partial charge on any atom is 0.256 e. The number of methoxy groups -OCH3 is 1. The van der Waals surface area contributed by atoms with E-state index in [2.05, 4.69) is 10.3 Å². The van der Waals surface area contributed by atoms with Crippen LogP contribution in [0.25, 0.3) is 11.1 Å². The van der Waals surface area contributed by atoms with Gasteiger partial charge >= 0.3 is 0 Å². The van der Waals surface area contributed by atoms with Crippen molar-refractivity contribution in [2.75, 3.05) is 12.4 Å². The highest BCUT2D eigenvalue weighted by Gasteiger charge is 2.07. The van der Waals surface area contributed by atoms with Crippen molar-refractivity contribution < 1.29 is 13.9 Å². The van der Waals surface area contributed by atoms with E-state index >= 15 is 0 Å². The van der Waals surface area contributed by atoms with Crippen molar-refractivity contribution in [2.45, 2.75) is 0 Å². The smallest absolute Gasteiger partial charge is 0.256 e. The quantitative estimate of drug-likeness (QED) is 0.785. The average molecular weight is 322 g/mol. The topological polar surface area (TPSA) is 51.2 Å². The van der Waals surface area contributed by atoms with Crippen LogP contribution in [0.15, 0.2) is 66.9 Å². The maximum atomic E-state index is 12.9. The van der Waals surface area contributed by atoms with Crippen LogP contribution in [0.2, 0.25) is 0 Å². The van der Waals surface area contributed by atoms with E-state index in [1.165, 1.54) is 24.3 Å². The molecule has 3 rings (SSSR count). The molecular formula is C19H15FN2O2. The minimum atomic E-state index is -0.381. The van der Waals surface area contributed by atoms with Crippen molar-refractivity contribution in [3.05, 3.63) is 78.2 Å². The molecule has 0 saturated heterocycles. The van der Waals surface area contributed by atoms with Crippen LogP contribution in [-0.4, -0.2) is 18.0 Å². The summed E-state index contributed by atoms with van der Waals surface area (Å²) >= 11 is 0. The van der Waals surface area contributed by atoms with Gasteiger partial charge in [-0.2, -0.15) is 0 Å². The van der Waals surface area contributed by atoms with E-state index < -0.39 is 0 Å². The molecule has 0 saturated carbocycles. The third kappa shape index (κ3) is 3.57. The molecule has 0 spiro atoms. The third-order valence-electron chi connectivity index (χ3n) is 3.53. The average Bonchev–Trinajstić information content (AvgIpc) is 2.63. The Labute approximate surface area is 138 Å². The number of pyridine rings is 1. The molecule has 0 aliphatic rings. The number of anilines is 1. The number of carbonyl (C=O) groups is 1. The fourth-order valence-corrected chi connectivity index (χ4v) is 2.21. The first-order valence-corrected chi connectivity index (χ1v) is 7.33. The molecule has 0 aliphatic carbocycles. The molecule has 0 radical (unpaired) electrons. The van der Waals surface area contributed by atoms with E-state index in [9.17, 15) is 9.18 Å². The second-order valence-electron chi connectivity index (χ2n) is 5.12. The van der Waals surface area contributed by atoms with Gasteiger partial charge in [0.1, 0.15) is 17.4 Å². The Morgan fingerprint density at radius 1 is 0.958 bits per heavy atom. The Kier molecular flexibility index (Phi) is 4.52. The number of hydrogen-bond donors (Lipinski definition) is 1. The van der Waals surface area contributed by atoms with Gasteiger partial charge in [-0.1, -0.05) is 12.1 Å². The zero-order valence-electron chi connectivity index (χ0n) is 13.0. The summed E-state index contributed by atoms with van der Waals surface area (Å²) in [4.78, 5) is 16.3. The number of nitrogens with one attached hydrogen (secondary N) is 1. The van der Waals surface area contributed by atoms with Gasteiger partial charge in [0.25, 0.3) is 5.91 Å². The molecule has 5 heteroatoms. The van der Waals surface area contributed by atoms with E-state index in [4.69, 9.17) is 4.74 Å². The molecule has 24 heavy (non-hydrogen) atoms. The lowest BCUT2D eigenvalue weighted by Gasteiger charge is -2.07. The van der Waals surface area contributed by atoms with E-state index in [-0.39, 0.29) is 11.7 Å². The molecule has 0 atom stereocenters. The number of rotatable bonds is 4. The summed E-state index contributed by atoms with van der Waals surface area (Å²) < 4.78 is 18.0. The summed E-state index contributed by atoms with van der Waals surface area (Å²) in [7, 11) is 1.62. The highest BCUT2D eigenvalue weighted by molar-refractivity contribution is 6.03. The summed E-state index contributed by atoms with van der Waals surface area (Å²) in [6, 6.07) is 16.6. The Balaban J connectivity index is 1.71. The molecule has 0 bridgehead atoms. The van der Waals surface area contributed by atoms with Crippen LogP contribution in [0.5, 0.6) is 5.75 Å². The van der Waals surface area contributed by atoms with Gasteiger partial charge in [-0.15, -0.1) is 0 Å². The molecule has 120 valence electrons. The van der Waals surface area contributed by atoms with Crippen molar-refractivity contribution in [2.24, 2.45) is 0 Å². The van der Waals surface area contributed by atoms with Crippen LogP contribution < -0.4 is 10.1 Å². The van der Waals surface area contributed by atoms with Gasteiger partial charge in [0, 0.05) is 17.3 Å². The first-order chi connectivity index (χ1) is 11.7. The summed E-state index contributed by atoms with van der Waals surface area (Å²) in [6.07, 6.45) is 1.68. The van der Waals surface area contributed by atoms with Gasteiger partial charge in [-0.25, -0.2) is 9.37 Å². The van der Waals surface area contributed by atoms with E-state index in [0.29, 0.717) is 11.4 Å². The molecule has 1 aromatic heterocycles. The lowest BCUT2D eigenvalue weighted by atomic mass is 10.1. The normalized spacial score (nSPS) is 10.2. The predicted octanol–water partition coefficient (Wildman–Crippen LogP) is 4.15. The molecule has 0 unspecified atom stereocenters. The van der Waals surface area contributed by atoms with Crippen LogP contribution in [-0.2, 0) is 0 Å². The van der Waals surface area contributed by atoms with Crippen LogP contribution in [0, 0.1) is 5.82 Å². The Hall–Kier alpha value is -3.21. The van der Waals surface area contributed by atoms with Crippen molar-refractivity contribution in [1.29, 1.82) is 0 Å². The molecule has 3 aromatic rings. The Morgan fingerprint density at radius 2 is 1.62 bits per heavy atom. The van der Waals surface area contributed by atoms with E-state index in [0.717, 1.165) is 16.9 Å². The Morgan fingerprint density at radius 3 is 2.21 bits per heavy atom. The number of amides is 1. The monoisotopic (exact) mass is 322 g/mol. The van der Waals surface area contributed by atoms with Gasteiger partial charge in [0.05, 0.1) is 7.11 Å². The van der Waals surface area contributed by atoms with Crippen molar-refractivity contribution in [3.8, 4) is 16.9 Å². The number of hydrogen-bond acceptors (Lipinski definition) is 3. The minimum absolute atomic E-state index is 0.334. The van der Waals surface area contributed by atoms with Crippen LogP contribution >= 0.6 is 0 Å². The van der Waals surface area contributed by atoms with Crippen molar-refractivity contribution in [3.63, 3.8) is 0 Å². The molecule has 1 heterocycles. The lowest BCUT2D eigenvalue weighted by molar-refractivity contribution is 0.102. The molecule has 1 N–H and O–H groups in total. The number of nitrogens with zero attached hydrogens (tertiary/aromatic N) is 1. The number of benzene rings is 2. The molecule has 0 aliphatic heterocycles. The SMILES string of the molecule is COc1ccc(-c2ccc(NC(=O)c3ccc(F)cc3)nc2)cc1. The molecule has 2 aromatic carbocycles. The number of carbonyl (C=O) groups excluding carboxylic acids is 1. The largest absolute Gasteiger partial charge is 0.497 e. The van der Waals surface area contributed by atoms with Gasteiger partial charge in [0.15, 0.2) is 0 Å². The lowest BCUT2D eigenvalue weighted by Crippen LogP contribution is -2.12. The molecule has 1 amide bonds. The van der Waals surface area contributed by atoms with Crippen LogP contribution in [0.3, 0.4) is 0 Å². The summed E-state index contributed by atoms with van der Waals surface area (Å²) in [6.45, 7) is 0. The summed E-state index contributed by atoms with van der Waals surface area (Å²) in [5, 5.41) is 2.68. The van der Waals surface area contributed by atoms with E-state index in [1.54, 1.807) is 19.4 Å². The number of aromatic nitrogens is 1. The van der Waals surface area contributed by atoms with Crippen molar-refractivity contribution in [1.82, 2.24) is 4.98 Å². The first kappa shape index (κ1) is 15.7. The summed E-state index contributed by atoms with van der Waals surface area (Å²) in [5.74, 6) is 0.504. The van der Waals surface area contributed by atoms with Gasteiger partial charge in [-0.05, 0) is 54.1 Å². The zero-order chi connectivity index (χ0) is 16.9. The third-order valence-corrected chi connectivity index (χ3v) is 3.53. The fraction of sp³-hybridized carbons (Fsp3) is 0.0526. The second-order valence-corrected chi connectivity index (χ2v) is 5.12. The standard InChI is InChI=1S/C19H15FN2O2/c1-24-17-9-4-13(5-10-17)15-6-11-18(21-12-15)22-19(23)14-2-7-16(20)8-3-14/h2-12H,1H3,(H,21,22,23). The number of ether oxygens (including phenoxy) is 1. The van der Waals surface area contributed by atoms with Gasteiger partial charge < -0.3 is 10.1 Å². The molecule has 0 fully saturated rings. The van der Waals surface area contributed by atoms with E-state index in [1.807, 2.05) is 30.3 Å². The van der Waals surface area contributed by atoms with Crippen LogP contribution in [0.1, 0.15) is 10.4 Å².